The van der Waals surface area contributed by atoms with Gasteiger partial charge in [0, 0.05) is 35.5 Å². The van der Waals surface area contributed by atoms with E-state index in [0.717, 1.165) is 11.1 Å². The zero-order valence-corrected chi connectivity index (χ0v) is 18.5. The van der Waals surface area contributed by atoms with Crippen molar-refractivity contribution in [1.29, 1.82) is 0 Å². The zero-order valence-electron chi connectivity index (χ0n) is 18.5. The van der Waals surface area contributed by atoms with Crippen LogP contribution in [0.1, 0.15) is 22.4 Å². The highest BCUT2D eigenvalue weighted by Crippen LogP contribution is 2.18. The van der Waals surface area contributed by atoms with Gasteiger partial charge < -0.3 is 9.88 Å². The summed E-state index contributed by atoms with van der Waals surface area (Å²) in [6, 6.07) is 13.9. The molecule has 1 N–H and O–H groups in total. The molecule has 2 heterocycles. The maximum Gasteiger partial charge on any atom is 0.279 e. The van der Waals surface area contributed by atoms with Crippen molar-refractivity contribution in [3.63, 3.8) is 0 Å². The molecule has 2 aromatic heterocycles. The molecule has 0 fully saturated rings. The summed E-state index contributed by atoms with van der Waals surface area (Å²) in [5, 5.41) is 7.11. The average Bonchev–Trinajstić information content (AvgIpc) is 3.25. The standard InChI is InChI=1S/C25H24FN5O2/c1-4-13-30-17(3)20(14-22(32)27-15-19-7-5-6-8-21(19)26)24(33)31-25(30)28-23(29-31)18-11-9-16(2)10-12-18/h4-12H,1,13-15H2,2-3H3,(H,27,32). The van der Waals surface area contributed by atoms with Crippen LogP contribution in [-0.4, -0.2) is 25.1 Å². The fraction of sp³-hybridized carbons (Fsp3) is 0.200. The summed E-state index contributed by atoms with van der Waals surface area (Å²) in [7, 11) is 0. The first kappa shape index (κ1) is 22.1. The summed E-state index contributed by atoms with van der Waals surface area (Å²) in [5.41, 5.74) is 2.77. The number of rotatable bonds is 7. The third-order valence-corrected chi connectivity index (χ3v) is 5.52. The number of carbonyl (C=O) groups excluding carboxylic acids is 1. The third-order valence-electron chi connectivity index (χ3n) is 5.52. The fourth-order valence-corrected chi connectivity index (χ4v) is 3.65. The highest BCUT2D eigenvalue weighted by atomic mass is 19.1. The summed E-state index contributed by atoms with van der Waals surface area (Å²) in [6.45, 7) is 7.98. The zero-order chi connectivity index (χ0) is 23.5. The van der Waals surface area contributed by atoms with Gasteiger partial charge in [0.1, 0.15) is 5.82 Å². The van der Waals surface area contributed by atoms with Gasteiger partial charge in [-0.2, -0.15) is 9.50 Å². The summed E-state index contributed by atoms with van der Waals surface area (Å²) >= 11 is 0. The smallest absolute Gasteiger partial charge is 0.279 e. The van der Waals surface area contributed by atoms with Gasteiger partial charge >= 0.3 is 0 Å². The van der Waals surface area contributed by atoms with Crippen molar-refractivity contribution in [1.82, 2.24) is 24.5 Å². The fourth-order valence-electron chi connectivity index (χ4n) is 3.65. The summed E-state index contributed by atoms with van der Waals surface area (Å²) in [6.07, 6.45) is 1.53. The van der Waals surface area contributed by atoms with Crippen LogP contribution in [0.15, 0.2) is 66.0 Å². The lowest BCUT2D eigenvalue weighted by Crippen LogP contribution is -2.32. The largest absolute Gasteiger partial charge is 0.352 e. The van der Waals surface area contributed by atoms with E-state index in [1.165, 1.54) is 10.6 Å². The molecule has 0 atom stereocenters. The molecule has 0 bridgehead atoms. The number of amides is 1. The van der Waals surface area contributed by atoms with Crippen molar-refractivity contribution in [2.45, 2.75) is 33.4 Å². The van der Waals surface area contributed by atoms with Crippen LogP contribution in [0.3, 0.4) is 0 Å². The molecule has 33 heavy (non-hydrogen) atoms. The number of nitrogens with zero attached hydrogens (tertiary/aromatic N) is 4. The lowest BCUT2D eigenvalue weighted by Gasteiger charge is -2.14. The van der Waals surface area contributed by atoms with Crippen molar-refractivity contribution < 1.29 is 9.18 Å². The second kappa shape index (κ2) is 9.20. The number of aromatic nitrogens is 4. The van der Waals surface area contributed by atoms with Crippen LogP contribution in [0.5, 0.6) is 0 Å². The van der Waals surface area contributed by atoms with Gasteiger partial charge in [0.25, 0.3) is 5.56 Å². The molecule has 0 saturated heterocycles. The summed E-state index contributed by atoms with van der Waals surface area (Å²) in [4.78, 5) is 30.5. The SMILES string of the molecule is C=CCn1c(C)c(CC(=O)NCc2ccccc2F)c(=O)n2nc(-c3ccc(C)cc3)nc12. The van der Waals surface area contributed by atoms with E-state index in [4.69, 9.17) is 0 Å². The van der Waals surface area contributed by atoms with Crippen LogP contribution < -0.4 is 10.9 Å². The summed E-state index contributed by atoms with van der Waals surface area (Å²) < 4.78 is 16.9. The Kier molecular flexibility index (Phi) is 6.17. The number of hydrogen-bond donors (Lipinski definition) is 1. The Morgan fingerprint density at radius 3 is 2.58 bits per heavy atom. The van der Waals surface area contributed by atoms with E-state index in [1.807, 2.05) is 31.2 Å². The van der Waals surface area contributed by atoms with Crippen LogP contribution in [0.25, 0.3) is 17.2 Å². The molecule has 0 aliphatic heterocycles. The number of hydrogen-bond acceptors (Lipinski definition) is 4. The molecule has 168 valence electrons. The van der Waals surface area contributed by atoms with E-state index in [1.54, 1.807) is 35.8 Å². The van der Waals surface area contributed by atoms with Crippen LogP contribution in [-0.2, 0) is 24.3 Å². The number of fused-ring (bicyclic) bond motifs is 1. The van der Waals surface area contributed by atoms with E-state index >= 15 is 0 Å². The number of halogens is 1. The number of allylic oxidation sites excluding steroid dienone is 1. The van der Waals surface area contributed by atoms with E-state index in [-0.39, 0.29) is 18.9 Å². The van der Waals surface area contributed by atoms with Gasteiger partial charge in [-0.3, -0.25) is 9.59 Å². The maximum absolute atomic E-state index is 13.8. The second-order valence-corrected chi connectivity index (χ2v) is 7.83. The van der Waals surface area contributed by atoms with Gasteiger partial charge in [-0.1, -0.05) is 54.1 Å². The number of carbonyl (C=O) groups is 1. The third kappa shape index (κ3) is 4.45. The molecule has 0 aliphatic carbocycles. The quantitative estimate of drug-likeness (QED) is 0.443. The molecule has 0 spiro atoms. The van der Waals surface area contributed by atoms with Crippen molar-refractivity contribution in [3.8, 4) is 11.4 Å². The predicted octanol–water partition coefficient (Wildman–Crippen LogP) is 3.36. The molecule has 0 unspecified atom stereocenters. The van der Waals surface area contributed by atoms with Gasteiger partial charge in [0.05, 0.1) is 6.42 Å². The summed E-state index contributed by atoms with van der Waals surface area (Å²) in [5.74, 6) is 0.0192. The monoisotopic (exact) mass is 445 g/mol. The van der Waals surface area contributed by atoms with Gasteiger partial charge in [-0.25, -0.2) is 4.39 Å². The molecule has 0 aliphatic rings. The number of benzene rings is 2. The van der Waals surface area contributed by atoms with Gasteiger partial charge in [-0.05, 0) is 19.9 Å². The average molecular weight is 445 g/mol. The van der Waals surface area contributed by atoms with Crippen LogP contribution in [0.2, 0.25) is 0 Å². The molecule has 1 amide bonds. The Labute approximate surface area is 190 Å². The second-order valence-electron chi connectivity index (χ2n) is 7.83. The van der Waals surface area contributed by atoms with E-state index in [0.29, 0.717) is 35.0 Å². The first-order chi connectivity index (χ1) is 15.9. The molecule has 2 aromatic carbocycles. The molecular formula is C25H24FN5O2. The Balaban J connectivity index is 1.69. The molecule has 7 nitrogen and oxygen atoms in total. The normalized spacial score (nSPS) is 11.0. The van der Waals surface area contributed by atoms with Crippen LogP contribution in [0, 0.1) is 19.7 Å². The first-order valence-corrected chi connectivity index (χ1v) is 10.6. The Morgan fingerprint density at radius 2 is 1.88 bits per heavy atom. The molecule has 8 heteroatoms. The lowest BCUT2D eigenvalue weighted by molar-refractivity contribution is -0.120. The van der Waals surface area contributed by atoms with Crippen LogP contribution >= 0.6 is 0 Å². The minimum Gasteiger partial charge on any atom is -0.352 e. The molecule has 4 rings (SSSR count). The number of nitrogens with one attached hydrogen (secondary N) is 1. The Hall–Kier alpha value is -4.07. The van der Waals surface area contributed by atoms with E-state index in [9.17, 15) is 14.0 Å². The highest BCUT2D eigenvalue weighted by Gasteiger charge is 2.20. The van der Waals surface area contributed by atoms with Gasteiger partial charge in [-0.15, -0.1) is 11.7 Å². The lowest BCUT2D eigenvalue weighted by atomic mass is 10.1. The Morgan fingerprint density at radius 1 is 1.15 bits per heavy atom. The predicted molar refractivity (Wildman–Crippen MR) is 124 cm³/mol. The molecule has 0 saturated carbocycles. The van der Waals surface area contributed by atoms with Crippen molar-refractivity contribution in [2.75, 3.05) is 0 Å². The molecule has 4 aromatic rings. The maximum atomic E-state index is 13.8. The Bertz CT molecular complexity index is 1400. The number of aryl methyl sites for hydroxylation is 1. The topological polar surface area (TPSA) is 81.3 Å². The first-order valence-electron chi connectivity index (χ1n) is 10.6. The van der Waals surface area contributed by atoms with Crippen molar-refractivity contribution in [2.24, 2.45) is 0 Å². The van der Waals surface area contributed by atoms with Crippen molar-refractivity contribution in [3.05, 3.63) is 99.7 Å². The minimum atomic E-state index is -0.408. The molecular weight excluding hydrogens is 421 g/mol. The molecule has 0 radical (unpaired) electrons. The minimum absolute atomic E-state index is 0.0363. The van der Waals surface area contributed by atoms with Gasteiger partial charge in [0.15, 0.2) is 5.82 Å². The van der Waals surface area contributed by atoms with Crippen molar-refractivity contribution >= 4 is 11.7 Å². The van der Waals surface area contributed by atoms with E-state index in [2.05, 4.69) is 22.0 Å². The van der Waals surface area contributed by atoms with Crippen LogP contribution in [0.4, 0.5) is 4.39 Å². The van der Waals surface area contributed by atoms with E-state index < -0.39 is 11.4 Å². The highest BCUT2D eigenvalue weighted by molar-refractivity contribution is 5.78. The van der Waals surface area contributed by atoms with Gasteiger partial charge in [0.2, 0.25) is 11.7 Å².